The normalized spacial score (nSPS) is 17.2. The van der Waals surface area contributed by atoms with Crippen LogP contribution in [0.1, 0.15) is 0 Å². The Labute approximate surface area is 54.2 Å². The first-order valence-electron chi connectivity index (χ1n) is 2.42. The number of methoxy groups -OCH3 is 1. The maximum absolute atomic E-state index is 10.5. The standard InChI is InChI=1S/C4H11O4P/c1-7-3-8-4-9(2,5)6/h3-4H2,1-2H3,(H,5,6). The average Bonchev–Trinajstić information content (AvgIpc) is 1.63. The van der Waals surface area contributed by atoms with E-state index < -0.39 is 7.37 Å². The second-order valence-electron chi connectivity index (χ2n) is 1.79. The number of hydrogen-bond donors (Lipinski definition) is 1. The maximum atomic E-state index is 10.5. The van der Waals surface area contributed by atoms with E-state index in [2.05, 4.69) is 9.47 Å². The Kier molecular flexibility index (Phi) is 4.06. The molecule has 5 heteroatoms. The van der Waals surface area contributed by atoms with Gasteiger partial charge in [0.2, 0.25) is 7.37 Å². The summed E-state index contributed by atoms with van der Waals surface area (Å²) >= 11 is 0. The summed E-state index contributed by atoms with van der Waals surface area (Å²) in [4.78, 5) is 8.62. The van der Waals surface area contributed by atoms with Crippen LogP contribution < -0.4 is 0 Å². The summed E-state index contributed by atoms with van der Waals surface area (Å²) in [6, 6.07) is 0. The fraction of sp³-hybridized carbons (Fsp3) is 1.00. The van der Waals surface area contributed by atoms with E-state index in [0.717, 1.165) is 0 Å². The molecule has 9 heavy (non-hydrogen) atoms. The minimum absolute atomic E-state index is 0.0678. The molecule has 1 N–H and O–H groups in total. The molecular weight excluding hydrogens is 143 g/mol. The summed E-state index contributed by atoms with van der Waals surface area (Å²) in [6.07, 6.45) is -0.138. The molecule has 0 rings (SSSR count). The summed E-state index contributed by atoms with van der Waals surface area (Å²) in [7, 11) is -1.54. The average molecular weight is 154 g/mol. The van der Waals surface area contributed by atoms with Crippen LogP contribution in [0.2, 0.25) is 0 Å². The van der Waals surface area contributed by atoms with Gasteiger partial charge in [-0.15, -0.1) is 0 Å². The minimum Gasteiger partial charge on any atom is -0.359 e. The van der Waals surface area contributed by atoms with Gasteiger partial charge in [0, 0.05) is 13.8 Å². The molecule has 0 aliphatic rings. The van der Waals surface area contributed by atoms with Crippen molar-refractivity contribution in [2.75, 3.05) is 26.9 Å². The first kappa shape index (κ1) is 9.11. The zero-order chi connectivity index (χ0) is 7.33. The van der Waals surface area contributed by atoms with Crippen molar-refractivity contribution < 1.29 is 18.9 Å². The third-order valence-electron chi connectivity index (χ3n) is 0.532. The van der Waals surface area contributed by atoms with Crippen LogP contribution in [0.4, 0.5) is 0 Å². The lowest BCUT2D eigenvalue weighted by molar-refractivity contribution is -0.0139. The molecule has 0 saturated carbocycles. The highest BCUT2D eigenvalue weighted by atomic mass is 31.2. The number of hydrogen-bond acceptors (Lipinski definition) is 3. The van der Waals surface area contributed by atoms with Crippen molar-refractivity contribution in [1.82, 2.24) is 0 Å². The van der Waals surface area contributed by atoms with E-state index in [9.17, 15) is 4.57 Å². The van der Waals surface area contributed by atoms with Crippen molar-refractivity contribution in [3.05, 3.63) is 0 Å². The monoisotopic (exact) mass is 154 g/mol. The summed E-state index contributed by atoms with van der Waals surface area (Å²) < 4.78 is 19.6. The molecule has 1 atom stereocenters. The van der Waals surface area contributed by atoms with Crippen molar-refractivity contribution in [2.45, 2.75) is 0 Å². The smallest absolute Gasteiger partial charge is 0.222 e. The van der Waals surface area contributed by atoms with Gasteiger partial charge in [-0.05, 0) is 0 Å². The number of ether oxygens (including phenoxy) is 2. The van der Waals surface area contributed by atoms with E-state index in [1.807, 2.05) is 0 Å². The van der Waals surface area contributed by atoms with Gasteiger partial charge in [0.05, 0.1) is 0 Å². The van der Waals surface area contributed by atoms with Crippen LogP contribution >= 0.6 is 7.37 Å². The summed E-state index contributed by atoms with van der Waals surface area (Å²) in [5.74, 6) is 0. The van der Waals surface area contributed by atoms with Crippen LogP contribution in [-0.4, -0.2) is 31.8 Å². The van der Waals surface area contributed by atoms with E-state index >= 15 is 0 Å². The van der Waals surface area contributed by atoms with Crippen LogP contribution in [0.15, 0.2) is 0 Å². The van der Waals surface area contributed by atoms with Gasteiger partial charge < -0.3 is 14.4 Å². The molecule has 0 bridgehead atoms. The van der Waals surface area contributed by atoms with Crippen LogP contribution in [0.5, 0.6) is 0 Å². The zero-order valence-electron chi connectivity index (χ0n) is 5.53. The third-order valence-corrected chi connectivity index (χ3v) is 1.19. The molecule has 0 aliphatic carbocycles. The highest BCUT2D eigenvalue weighted by molar-refractivity contribution is 7.56. The Bertz CT molecular complexity index is 107. The van der Waals surface area contributed by atoms with Gasteiger partial charge in [-0.2, -0.15) is 0 Å². The molecule has 1 unspecified atom stereocenters. The quantitative estimate of drug-likeness (QED) is 0.363. The Hall–Kier alpha value is 0.110. The zero-order valence-corrected chi connectivity index (χ0v) is 6.43. The van der Waals surface area contributed by atoms with Gasteiger partial charge in [0.25, 0.3) is 0 Å². The van der Waals surface area contributed by atoms with Crippen molar-refractivity contribution >= 4 is 7.37 Å². The van der Waals surface area contributed by atoms with Gasteiger partial charge >= 0.3 is 0 Å². The molecule has 0 aromatic carbocycles. The molecule has 4 nitrogen and oxygen atoms in total. The summed E-state index contributed by atoms with van der Waals surface area (Å²) in [6.45, 7) is 1.31. The second kappa shape index (κ2) is 4.01. The fourth-order valence-corrected chi connectivity index (χ4v) is 0.703. The molecule has 0 amide bonds. The topological polar surface area (TPSA) is 55.8 Å². The predicted octanol–water partition coefficient (Wildman–Crippen LogP) is 0.465. The third kappa shape index (κ3) is 8.11. The van der Waals surface area contributed by atoms with Crippen LogP contribution in [-0.2, 0) is 14.0 Å². The van der Waals surface area contributed by atoms with Crippen molar-refractivity contribution in [2.24, 2.45) is 0 Å². The minimum atomic E-state index is -3.00. The van der Waals surface area contributed by atoms with E-state index in [0.29, 0.717) is 0 Å². The van der Waals surface area contributed by atoms with Gasteiger partial charge in [0.15, 0.2) is 0 Å². The van der Waals surface area contributed by atoms with E-state index in [-0.39, 0.29) is 13.1 Å². The van der Waals surface area contributed by atoms with Gasteiger partial charge in [-0.25, -0.2) is 0 Å². The predicted molar refractivity (Wildman–Crippen MR) is 33.6 cm³/mol. The Morgan fingerprint density at radius 3 is 2.56 bits per heavy atom. The lowest BCUT2D eigenvalue weighted by Gasteiger charge is -2.04. The Balaban J connectivity index is 3.18. The molecule has 0 heterocycles. The molecule has 0 aliphatic heterocycles. The lowest BCUT2D eigenvalue weighted by Crippen LogP contribution is -1.98. The molecule has 56 valence electrons. The first-order valence-corrected chi connectivity index (χ1v) is 4.71. The Morgan fingerprint density at radius 2 is 2.22 bits per heavy atom. The largest absolute Gasteiger partial charge is 0.359 e. The van der Waals surface area contributed by atoms with Gasteiger partial charge in [0.1, 0.15) is 13.1 Å². The van der Waals surface area contributed by atoms with E-state index in [1.165, 1.54) is 13.8 Å². The first-order chi connectivity index (χ1) is 4.06. The molecular formula is C4H11O4P. The number of rotatable bonds is 4. The second-order valence-corrected chi connectivity index (χ2v) is 4.15. The summed E-state index contributed by atoms with van der Waals surface area (Å²) in [5, 5.41) is 0. The lowest BCUT2D eigenvalue weighted by atomic mass is 11.4. The summed E-state index contributed by atoms with van der Waals surface area (Å²) in [5.41, 5.74) is 0. The molecule has 0 radical (unpaired) electrons. The van der Waals surface area contributed by atoms with Crippen LogP contribution in [0, 0.1) is 0 Å². The maximum Gasteiger partial charge on any atom is 0.222 e. The highest BCUT2D eigenvalue weighted by Gasteiger charge is 2.07. The van der Waals surface area contributed by atoms with Crippen molar-refractivity contribution in [3.63, 3.8) is 0 Å². The SMILES string of the molecule is COCOCP(C)(=O)O. The van der Waals surface area contributed by atoms with E-state index in [1.54, 1.807) is 0 Å². The van der Waals surface area contributed by atoms with E-state index in [4.69, 9.17) is 4.89 Å². The van der Waals surface area contributed by atoms with Gasteiger partial charge in [-0.3, -0.25) is 4.57 Å². The molecule has 0 spiro atoms. The fourth-order valence-electron chi connectivity index (χ4n) is 0.290. The Morgan fingerprint density at radius 1 is 1.67 bits per heavy atom. The molecule has 0 fully saturated rings. The van der Waals surface area contributed by atoms with Crippen LogP contribution in [0.25, 0.3) is 0 Å². The molecule has 0 saturated heterocycles. The highest BCUT2D eigenvalue weighted by Crippen LogP contribution is 2.34. The molecule has 0 aromatic heterocycles. The van der Waals surface area contributed by atoms with Gasteiger partial charge in [-0.1, -0.05) is 0 Å². The van der Waals surface area contributed by atoms with Crippen LogP contribution in [0.3, 0.4) is 0 Å². The molecule has 0 aromatic rings. The van der Waals surface area contributed by atoms with Crippen molar-refractivity contribution in [3.8, 4) is 0 Å². The van der Waals surface area contributed by atoms with Crippen molar-refractivity contribution in [1.29, 1.82) is 0 Å².